The second-order valence-electron chi connectivity index (χ2n) is 5.85. The third-order valence-corrected chi connectivity index (χ3v) is 3.36. The van der Waals surface area contributed by atoms with E-state index in [-0.39, 0.29) is 17.8 Å². The van der Waals surface area contributed by atoms with Crippen LogP contribution in [0.25, 0.3) is 0 Å². The van der Waals surface area contributed by atoms with Crippen LogP contribution >= 0.6 is 0 Å². The molecule has 3 nitrogen and oxygen atoms in total. The van der Waals surface area contributed by atoms with Gasteiger partial charge in [0.25, 0.3) is 0 Å². The van der Waals surface area contributed by atoms with Crippen molar-refractivity contribution >= 4 is 0 Å². The molecule has 0 spiro atoms. The van der Waals surface area contributed by atoms with Crippen molar-refractivity contribution in [3.8, 4) is 5.75 Å². The van der Waals surface area contributed by atoms with E-state index in [1.165, 1.54) is 0 Å². The maximum Gasteiger partial charge on any atom is 0.387 e. The molecule has 1 aromatic carbocycles. The molecule has 0 amide bonds. The van der Waals surface area contributed by atoms with Crippen LogP contribution in [0.3, 0.4) is 0 Å². The molecule has 0 saturated heterocycles. The molecule has 0 radical (unpaired) electrons. The maximum atomic E-state index is 12.6. The summed E-state index contributed by atoms with van der Waals surface area (Å²) in [6.07, 6.45) is 0. The van der Waals surface area contributed by atoms with Crippen LogP contribution in [0.2, 0.25) is 0 Å². The molecule has 0 aliphatic heterocycles. The van der Waals surface area contributed by atoms with Crippen LogP contribution in [0.4, 0.5) is 8.78 Å². The van der Waals surface area contributed by atoms with Crippen LogP contribution in [0.1, 0.15) is 39.3 Å². The summed E-state index contributed by atoms with van der Waals surface area (Å²) in [7, 11) is 0. The smallest absolute Gasteiger partial charge is 0.387 e. The lowest BCUT2D eigenvalue weighted by molar-refractivity contribution is -0.0513. The van der Waals surface area contributed by atoms with Gasteiger partial charge < -0.3 is 10.5 Å². The predicted octanol–water partition coefficient (Wildman–Crippen LogP) is 3.65. The van der Waals surface area contributed by atoms with Crippen LogP contribution in [0.5, 0.6) is 5.75 Å². The van der Waals surface area contributed by atoms with Crippen molar-refractivity contribution in [2.45, 2.75) is 46.4 Å². The van der Waals surface area contributed by atoms with Gasteiger partial charge in [0.05, 0.1) is 6.04 Å². The van der Waals surface area contributed by atoms with Crippen molar-refractivity contribution in [2.24, 2.45) is 11.7 Å². The Morgan fingerprint density at radius 2 is 1.76 bits per heavy atom. The fourth-order valence-corrected chi connectivity index (χ4v) is 2.52. The highest BCUT2D eigenvalue weighted by atomic mass is 19.3. The Hall–Kier alpha value is -1.20. The van der Waals surface area contributed by atoms with Crippen molar-refractivity contribution in [3.05, 3.63) is 29.8 Å². The molecule has 1 aromatic rings. The van der Waals surface area contributed by atoms with Crippen LogP contribution < -0.4 is 10.5 Å². The van der Waals surface area contributed by atoms with Gasteiger partial charge in [-0.25, -0.2) is 0 Å². The molecule has 120 valence electrons. The molecule has 0 aliphatic carbocycles. The van der Waals surface area contributed by atoms with E-state index in [1.54, 1.807) is 12.1 Å². The highest BCUT2D eigenvalue weighted by Crippen LogP contribution is 2.31. The fourth-order valence-electron chi connectivity index (χ4n) is 2.52. The van der Waals surface area contributed by atoms with Gasteiger partial charge in [0.15, 0.2) is 0 Å². The number of hydrogen-bond donors (Lipinski definition) is 1. The van der Waals surface area contributed by atoms with Crippen LogP contribution in [0.15, 0.2) is 24.3 Å². The summed E-state index contributed by atoms with van der Waals surface area (Å²) < 4.78 is 29.8. The highest BCUT2D eigenvalue weighted by molar-refractivity contribution is 5.36. The first-order chi connectivity index (χ1) is 9.86. The third kappa shape index (κ3) is 5.25. The standard InChI is InChI=1S/C16H26F2N2O/c1-11(2)10-20(12(3)4)14(9-19)13-7-5-6-8-15(13)21-16(17)18/h5-8,11-12,14,16H,9-10,19H2,1-4H3. The number of halogens is 2. The molecule has 0 fully saturated rings. The number of benzene rings is 1. The minimum Gasteiger partial charge on any atom is -0.434 e. The lowest BCUT2D eigenvalue weighted by Gasteiger charge is -2.36. The molecule has 1 unspecified atom stereocenters. The second-order valence-corrected chi connectivity index (χ2v) is 5.85. The Bertz CT molecular complexity index is 424. The van der Waals surface area contributed by atoms with Crippen molar-refractivity contribution in [2.75, 3.05) is 13.1 Å². The van der Waals surface area contributed by atoms with E-state index in [0.29, 0.717) is 12.5 Å². The predicted molar refractivity (Wildman–Crippen MR) is 81.5 cm³/mol. The van der Waals surface area contributed by atoms with E-state index in [2.05, 4.69) is 37.3 Å². The van der Waals surface area contributed by atoms with Gasteiger partial charge in [-0.3, -0.25) is 4.90 Å². The SMILES string of the molecule is CC(C)CN(C(C)C)C(CN)c1ccccc1OC(F)F. The van der Waals surface area contributed by atoms with E-state index in [0.717, 1.165) is 12.1 Å². The molecule has 0 aliphatic rings. The lowest BCUT2D eigenvalue weighted by atomic mass is 10.0. The van der Waals surface area contributed by atoms with Crippen LogP contribution in [-0.2, 0) is 0 Å². The van der Waals surface area contributed by atoms with Crippen LogP contribution in [-0.4, -0.2) is 30.6 Å². The zero-order chi connectivity index (χ0) is 16.0. The van der Waals surface area contributed by atoms with Gasteiger partial charge in [-0.1, -0.05) is 32.0 Å². The van der Waals surface area contributed by atoms with Gasteiger partial charge in [0, 0.05) is 24.7 Å². The molecular formula is C16H26F2N2O. The van der Waals surface area contributed by atoms with E-state index < -0.39 is 6.61 Å². The summed E-state index contributed by atoms with van der Waals surface area (Å²) in [5.41, 5.74) is 6.65. The molecule has 0 heterocycles. The van der Waals surface area contributed by atoms with E-state index in [4.69, 9.17) is 5.73 Å². The third-order valence-electron chi connectivity index (χ3n) is 3.36. The van der Waals surface area contributed by atoms with Gasteiger partial charge in [-0.2, -0.15) is 8.78 Å². The number of para-hydroxylation sites is 1. The second kappa shape index (κ2) is 8.29. The fraction of sp³-hybridized carbons (Fsp3) is 0.625. The van der Waals surface area contributed by atoms with Crippen molar-refractivity contribution in [1.82, 2.24) is 4.90 Å². The molecule has 1 atom stereocenters. The minimum atomic E-state index is -2.83. The van der Waals surface area contributed by atoms with Crippen LogP contribution in [0, 0.1) is 5.92 Å². The molecule has 5 heteroatoms. The summed E-state index contributed by atoms with van der Waals surface area (Å²) in [6.45, 7) is 6.80. The van der Waals surface area contributed by atoms with Crippen molar-refractivity contribution in [1.29, 1.82) is 0 Å². The number of ether oxygens (including phenoxy) is 1. The van der Waals surface area contributed by atoms with Gasteiger partial charge in [0.2, 0.25) is 0 Å². The first-order valence-electron chi connectivity index (χ1n) is 7.36. The Kier molecular flexibility index (Phi) is 7.05. The molecule has 0 bridgehead atoms. The molecule has 21 heavy (non-hydrogen) atoms. The number of nitrogens with zero attached hydrogens (tertiary/aromatic N) is 1. The maximum absolute atomic E-state index is 12.6. The average molecular weight is 300 g/mol. The topological polar surface area (TPSA) is 38.5 Å². The molecule has 0 aromatic heterocycles. The summed E-state index contributed by atoms with van der Waals surface area (Å²) >= 11 is 0. The summed E-state index contributed by atoms with van der Waals surface area (Å²) in [6, 6.07) is 7.02. The zero-order valence-electron chi connectivity index (χ0n) is 13.2. The van der Waals surface area contributed by atoms with Crippen molar-refractivity contribution < 1.29 is 13.5 Å². The average Bonchev–Trinajstić information content (AvgIpc) is 2.39. The summed E-state index contributed by atoms with van der Waals surface area (Å²) in [5.74, 6) is 0.669. The summed E-state index contributed by atoms with van der Waals surface area (Å²) in [4.78, 5) is 2.23. The van der Waals surface area contributed by atoms with Crippen molar-refractivity contribution in [3.63, 3.8) is 0 Å². The number of alkyl halides is 2. The van der Waals surface area contributed by atoms with Gasteiger partial charge in [-0.15, -0.1) is 0 Å². The highest BCUT2D eigenvalue weighted by Gasteiger charge is 2.25. The zero-order valence-corrected chi connectivity index (χ0v) is 13.2. The first kappa shape index (κ1) is 17.9. The normalized spacial score (nSPS) is 13.5. The molecule has 0 saturated carbocycles. The number of hydrogen-bond acceptors (Lipinski definition) is 3. The van der Waals surface area contributed by atoms with Gasteiger partial charge in [-0.05, 0) is 25.8 Å². The number of nitrogens with two attached hydrogens (primary N) is 1. The minimum absolute atomic E-state index is 0.137. The van der Waals surface area contributed by atoms with Gasteiger partial charge >= 0.3 is 6.61 Å². The van der Waals surface area contributed by atoms with E-state index in [9.17, 15) is 8.78 Å². The molecule has 1 rings (SSSR count). The lowest BCUT2D eigenvalue weighted by Crippen LogP contribution is -2.41. The Labute approximate surface area is 126 Å². The Balaban J connectivity index is 3.12. The molecule has 2 N–H and O–H groups in total. The Morgan fingerprint density at radius 3 is 2.24 bits per heavy atom. The largest absolute Gasteiger partial charge is 0.434 e. The van der Waals surface area contributed by atoms with Gasteiger partial charge in [0.1, 0.15) is 5.75 Å². The molecular weight excluding hydrogens is 274 g/mol. The quantitative estimate of drug-likeness (QED) is 0.796. The summed E-state index contributed by atoms with van der Waals surface area (Å²) in [5, 5.41) is 0. The number of rotatable bonds is 8. The Morgan fingerprint density at radius 1 is 1.14 bits per heavy atom. The van der Waals surface area contributed by atoms with E-state index in [1.807, 2.05) is 12.1 Å². The first-order valence-corrected chi connectivity index (χ1v) is 7.36. The monoisotopic (exact) mass is 300 g/mol. The van der Waals surface area contributed by atoms with E-state index >= 15 is 0 Å².